The first-order chi connectivity index (χ1) is 5.16. The van der Waals surface area contributed by atoms with Gasteiger partial charge in [0.25, 0.3) is 0 Å². The Hall–Kier alpha value is -1.06. The van der Waals surface area contributed by atoms with Gasteiger partial charge in [-0.15, -0.1) is 0 Å². The van der Waals surface area contributed by atoms with Gasteiger partial charge >= 0.3 is 6.09 Å². The summed E-state index contributed by atoms with van der Waals surface area (Å²) in [5.41, 5.74) is 0. The Kier molecular flexibility index (Phi) is 2.12. The van der Waals surface area contributed by atoms with Crippen LogP contribution in [0.2, 0.25) is 0 Å². The Bertz CT molecular complexity index is 190. The zero-order valence-corrected chi connectivity index (χ0v) is 6.66. The fraction of sp³-hybridized carbons (Fsp3) is 0.714. The third-order valence-electron chi connectivity index (χ3n) is 1.66. The Morgan fingerprint density at radius 1 is 1.82 bits per heavy atom. The molecule has 1 aliphatic rings. The van der Waals surface area contributed by atoms with E-state index in [9.17, 15) is 9.59 Å². The average molecular weight is 157 g/mol. The van der Waals surface area contributed by atoms with Crippen LogP contribution in [0, 0.1) is 0 Å². The average Bonchev–Trinajstić information content (AvgIpc) is 2.30. The summed E-state index contributed by atoms with van der Waals surface area (Å²) in [6.45, 7) is 3.84. The van der Waals surface area contributed by atoms with Gasteiger partial charge in [0, 0.05) is 6.42 Å². The number of amides is 2. The summed E-state index contributed by atoms with van der Waals surface area (Å²) in [6, 6.07) is -0.102. The molecule has 0 N–H and O–H groups in total. The predicted octanol–water partition coefficient (Wildman–Crippen LogP) is 0.764. The smallest absolute Gasteiger partial charge is 0.416 e. The van der Waals surface area contributed by atoms with Crippen LogP contribution in [0.3, 0.4) is 0 Å². The van der Waals surface area contributed by atoms with Crippen LogP contribution in [0.1, 0.15) is 20.3 Å². The van der Waals surface area contributed by atoms with Crippen molar-refractivity contribution < 1.29 is 14.3 Å². The summed E-state index contributed by atoms with van der Waals surface area (Å²) in [5, 5.41) is 0. The third-order valence-corrected chi connectivity index (χ3v) is 1.66. The van der Waals surface area contributed by atoms with Crippen LogP contribution in [-0.4, -0.2) is 29.5 Å². The highest BCUT2D eigenvalue weighted by Gasteiger charge is 2.33. The highest BCUT2D eigenvalue weighted by molar-refractivity contribution is 5.93. The van der Waals surface area contributed by atoms with Crippen molar-refractivity contribution in [2.24, 2.45) is 0 Å². The summed E-state index contributed by atoms with van der Waals surface area (Å²) in [6.07, 6.45) is -0.163. The molecule has 1 fully saturated rings. The molecule has 11 heavy (non-hydrogen) atoms. The molecule has 4 heteroatoms. The monoisotopic (exact) mass is 157 g/mol. The molecule has 0 aromatic rings. The molecule has 0 aliphatic carbocycles. The minimum atomic E-state index is -0.510. The summed E-state index contributed by atoms with van der Waals surface area (Å²) in [4.78, 5) is 23.1. The van der Waals surface area contributed by atoms with Gasteiger partial charge in [-0.2, -0.15) is 0 Å². The molecule has 0 aromatic heterocycles. The minimum Gasteiger partial charge on any atom is -0.447 e. The van der Waals surface area contributed by atoms with E-state index in [0.29, 0.717) is 13.0 Å². The summed E-state index contributed by atoms with van der Waals surface area (Å²) >= 11 is 0. The molecule has 62 valence electrons. The molecule has 4 nitrogen and oxygen atoms in total. The van der Waals surface area contributed by atoms with Crippen molar-refractivity contribution in [2.45, 2.75) is 26.3 Å². The first-order valence-electron chi connectivity index (χ1n) is 3.65. The van der Waals surface area contributed by atoms with E-state index in [2.05, 4.69) is 4.74 Å². The van der Waals surface area contributed by atoms with Crippen LogP contribution in [0.5, 0.6) is 0 Å². The van der Waals surface area contributed by atoms with Crippen LogP contribution in [0.25, 0.3) is 0 Å². The highest BCUT2D eigenvalue weighted by atomic mass is 16.6. The molecule has 0 radical (unpaired) electrons. The SMILES string of the molecule is CCC(=O)N1C(=O)OCC1C. The fourth-order valence-corrected chi connectivity index (χ4v) is 1.03. The molecule has 1 aliphatic heterocycles. The van der Waals surface area contributed by atoms with Gasteiger partial charge < -0.3 is 4.74 Å². The van der Waals surface area contributed by atoms with E-state index in [1.54, 1.807) is 13.8 Å². The van der Waals surface area contributed by atoms with E-state index in [-0.39, 0.29) is 11.9 Å². The van der Waals surface area contributed by atoms with E-state index >= 15 is 0 Å². The Balaban J connectivity index is 2.68. The van der Waals surface area contributed by atoms with Gasteiger partial charge in [0.2, 0.25) is 5.91 Å². The lowest BCUT2D eigenvalue weighted by Gasteiger charge is -2.13. The number of rotatable bonds is 1. The maximum atomic E-state index is 11.1. The van der Waals surface area contributed by atoms with Gasteiger partial charge in [-0.3, -0.25) is 4.79 Å². The lowest BCUT2D eigenvalue weighted by molar-refractivity contribution is -0.128. The van der Waals surface area contributed by atoms with Crippen molar-refractivity contribution in [3.63, 3.8) is 0 Å². The molecule has 1 saturated heterocycles. The predicted molar refractivity (Wildman–Crippen MR) is 37.9 cm³/mol. The highest BCUT2D eigenvalue weighted by Crippen LogP contribution is 2.12. The zero-order chi connectivity index (χ0) is 8.43. The number of cyclic esters (lactones) is 1. The standard InChI is InChI=1S/C7H11NO3/c1-3-6(9)8-5(2)4-11-7(8)10/h5H,3-4H2,1-2H3. The molecule has 1 rings (SSSR count). The second-order valence-corrected chi connectivity index (χ2v) is 2.54. The molecule has 0 bridgehead atoms. The van der Waals surface area contributed by atoms with Crippen molar-refractivity contribution in [1.29, 1.82) is 0 Å². The van der Waals surface area contributed by atoms with Gasteiger partial charge in [0.1, 0.15) is 6.61 Å². The minimum absolute atomic E-state index is 0.102. The quantitative estimate of drug-likeness (QED) is 0.564. The summed E-state index contributed by atoms with van der Waals surface area (Å²) in [5.74, 6) is -0.167. The van der Waals surface area contributed by atoms with E-state index in [1.165, 1.54) is 4.90 Å². The zero-order valence-electron chi connectivity index (χ0n) is 6.66. The Morgan fingerprint density at radius 3 is 2.82 bits per heavy atom. The van der Waals surface area contributed by atoms with Crippen molar-refractivity contribution in [1.82, 2.24) is 4.90 Å². The van der Waals surface area contributed by atoms with Crippen molar-refractivity contribution >= 4 is 12.0 Å². The van der Waals surface area contributed by atoms with Gasteiger partial charge in [-0.05, 0) is 6.92 Å². The summed E-state index contributed by atoms with van der Waals surface area (Å²) in [7, 11) is 0. The number of hydrogen-bond acceptors (Lipinski definition) is 3. The van der Waals surface area contributed by atoms with Gasteiger partial charge in [-0.25, -0.2) is 9.69 Å². The van der Waals surface area contributed by atoms with Crippen LogP contribution in [0.4, 0.5) is 4.79 Å². The molecule has 2 amide bonds. The first kappa shape index (κ1) is 8.04. The molecular formula is C7H11NO3. The van der Waals surface area contributed by atoms with E-state index < -0.39 is 6.09 Å². The number of nitrogens with zero attached hydrogens (tertiary/aromatic N) is 1. The van der Waals surface area contributed by atoms with E-state index in [4.69, 9.17) is 0 Å². The summed E-state index contributed by atoms with van der Waals surface area (Å²) < 4.78 is 4.67. The van der Waals surface area contributed by atoms with Gasteiger partial charge in [0.05, 0.1) is 6.04 Å². The van der Waals surface area contributed by atoms with Crippen molar-refractivity contribution in [2.75, 3.05) is 6.61 Å². The number of imide groups is 1. The topological polar surface area (TPSA) is 46.6 Å². The normalized spacial score (nSPS) is 23.6. The first-order valence-corrected chi connectivity index (χ1v) is 3.65. The molecule has 1 unspecified atom stereocenters. The number of ether oxygens (including phenoxy) is 1. The van der Waals surface area contributed by atoms with E-state index in [0.717, 1.165) is 0 Å². The van der Waals surface area contributed by atoms with Crippen LogP contribution in [-0.2, 0) is 9.53 Å². The van der Waals surface area contributed by atoms with Crippen LogP contribution in [0.15, 0.2) is 0 Å². The van der Waals surface area contributed by atoms with Crippen molar-refractivity contribution in [3.05, 3.63) is 0 Å². The van der Waals surface area contributed by atoms with Crippen LogP contribution < -0.4 is 0 Å². The fourth-order valence-electron chi connectivity index (χ4n) is 1.03. The molecule has 0 spiro atoms. The van der Waals surface area contributed by atoms with E-state index in [1.807, 2.05) is 0 Å². The van der Waals surface area contributed by atoms with Crippen LogP contribution >= 0.6 is 0 Å². The Morgan fingerprint density at radius 2 is 2.45 bits per heavy atom. The third kappa shape index (κ3) is 1.34. The molecular weight excluding hydrogens is 146 g/mol. The number of carbonyl (C=O) groups is 2. The van der Waals surface area contributed by atoms with Gasteiger partial charge in [0.15, 0.2) is 0 Å². The Labute approximate surface area is 65.1 Å². The van der Waals surface area contributed by atoms with Gasteiger partial charge in [-0.1, -0.05) is 6.92 Å². The number of carbonyl (C=O) groups excluding carboxylic acids is 2. The second-order valence-electron chi connectivity index (χ2n) is 2.54. The second kappa shape index (κ2) is 2.90. The van der Waals surface area contributed by atoms with Crippen molar-refractivity contribution in [3.8, 4) is 0 Å². The molecule has 0 aromatic carbocycles. The maximum absolute atomic E-state index is 11.1. The lowest BCUT2D eigenvalue weighted by atomic mass is 10.3. The maximum Gasteiger partial charge on any atom is 0.416 e. The largest absolute Gasteiger partial charge is 0.447 e. The number of hydrogen-bond donors (Lipinski definition) is 0. The molecule has 1 atom stereocenters. The lowest BCUT2D eigenvalue weighted by Crippen LogP contribution is -2.36. The molecule has 0 saturated carbocycles. The molecule has 1 heterocycles.